The monoisotopic (exact) mass is 435 g/mol. The van der Waals surface area contributed by atoms with Gasteiger partial charge in [0.05, 0.1) is 31.8 Å². The van der Waals surface area contributed by atoms with Crippen LogP contribution in [0.5, 0.6) is 17.2 Å². The molecule has 0 fully saturated rings. The zero-order valence-electron chi connectivity index (χ0n) is 17.7. The number of nitro groups is 1. The van der Waals surface area contributed by atoms with E-state index in [0.717, 1.165) is 0 Å². The Balaban J connectivity index is 1.84. The third-order valence-corrected chi connectivity index (χ3v) is 4.53. The fourth-order valence-corrected chi connectivity index (χ4v) is 2.97. The first kappa shape index (κ1) is 22.3. The molecule has 1 aromatic heterocycles. The number of hydrogen-bond acceptors (Lipinski definition) is 8. The van der Waals surface area contributed by atoms with Gasteiger partial charge in [-0.2, -0.15) is 0 Å². The summed E-state index contributed by atoms with van der Waals surface area (Å²) in [6.07, 6.45) is 4.60. The molecule has 0 radical (unpaired) electrons. The number of non-ortho nitro benzene ring substituents is 1. The Hall–Kier alpha value is -4.40. The van der Waals surface area contributed by atoms with Crippen LogP contribution >= 0.6 is 0 Å². The Kier molecular flexibility index (Phi) is 7.02. The van der Waals surface area contributed by atoms with E-state index in [-0.39, 0.29) is 11.5 Å². The van der Waals surface area contributed by atoms with Crippen LogP contribution in [0.3, 0.4) is 0 Å². The highest BCUT2D eigenvalue weighted by molar-refractivity contribution is 6.10. The van der Waals surface area contributed by atoms with E-state index in [9.17, 15) is 14.9 Å². The van der Waals surface area contributed by atoms with Crippen LogP contribution < -0.4 is 19.5 Å². The van der Waals surface area contributed by atoms with E-state index in [0.29, 0.717) is 39.9 Å². The van der Waals surface area contributed by atoms with E-state index in [1.54, 1.807) is 48.7 Å². The maximum Gasteiger partial charge on any atom is 0.269 e. The van der Waals surface area contributed by atoms with Crippen LogP contribution in [0, 0.1) is 10.1 Å². The van der Waals surface area contributed by atoms with Crippen molar-refractivity contribution < 1.29 is 23.9 Å². The van der Waals surface area contributed by atoms with Gasteiger partial charge in [-0.25, -0.2) is 4.98 Å². The van der Waals surface area contributed by atoms with Gasteiger partial charge in [-0.3, -0.25) is 14.9 Å². The van der Waals surface area contributed by atoms with Gasteiger partial charge < -0.3 is 19.5 Å². The van der Waals surface area contributed by atoms with E-state index in [1.165, 1.54) is 39.5 Å². The Labute approximate surface area is 184 Å². The lowest BCUT2D eigenvalue weighted by Crippen LogP contribution is -2.03. The molecule has 0 atom stereocenters. The summed E-state index contributed by atoms with van der Waals surface area (Å²) in [6.45, 7) is 0. The SMILES string of the molecule is COc1cc(C=CC(=O)c2cccnc2Nc2ccc([N+](=O)[O-])cc2)cc(OC)c1OC. The number of nitrogens with zero attached hydrogens (tertiary/aromatic N) is 2. The molecule has 32 heavy (non-hydrogen) atoms. The van der Waals surface area contributed by atoms with Crippen molar-refractivity contribution in [1.82, 2.24) is 4.98 Å². The van der Waals surface area contributed by atoms with E-state index in [2.05, 4.69) is 10.3 Å². The minimum Gasteiger partial charge on any atom is -0.493 e. The summed E-state index contributed by atoms with van der Waals surface area (Å²) in [4.78, 5) is 27.4. The number of hydrogen-bond donors (Lipinski definition) is 1. The highest BCUT2D eigenvalue weighted by Gasteiger charge is 2.14. The van der Waals surface area contributed by atoms with Gasteiger partial charge >= 0.3 is 0 Å². The highest BCUT2D eigenvalue weighted by atomic mass is 16.6. The molecule has 0 saturated heterocycles. The third-order valence-electron chi connectivity index (χ3n) is 4.53. The molecule has 0 aliphatic heterocycles. The number of nitrogens with one attached hydrogen (secondary N) is 1. The molecule has 3 aromatic rings. The number of carbonyl (C=O) groups excluding carboxylic acids is 1. The van der Waals surface area contributed by atoms with Crippen molar-refractivity contribution in [3.63, 3.8) is 0 Å². The van der Waals surface area contributed by atoms with Gasteiger partial charge in [0, 0.05) is 24.0 Å². The predicted octanol–water partition coefficient (Wildman–Crippen LogP) is 4.66. The van der Waals surface area contributed by atoms with Crippen LogP contribution in [0.1, 0.15) is 15.9 Å². The molecule has 1 N–H and O–H groups in total. The zero-order valence-corrected chi connectivity index (χ0v) is 17.7. The summed E-state index contributed by atoms with van der Waals surface area (Å²) < 4.78 is 16.0. The molecular weight excluding hydrogens is 414 g/mol. The Morgan fingerprint density at radius 2 is 1.69 bits per heavy atom. The van der Waals surface area contributed by atoms with Gasteiger partial charge in [0.25, 0.3) is 5.69 Å². The molecule has 9 heteroatoms. The molecule has 0 aliphatic rings. The van der Waals surface area contributed by atoms with E-state index < -0.39 is 4.92 Å². The van der Waals surface area contributed by atoms with Gasteiger partial charge in [-0.05, 0) is 48.0 Å². The number of methoxy groups -OCH3 is 3. The minimum atomic E-state index is -0.479. The molecular formula is C23H21N3O6. The number of carbonyl (C=O) groups is 1. The Morgan fingerprint density at radius 1 is 1.03 bits per heavy atom. The van der Waals surface area contributed by atoms with Crippen molar-refractivity contribution in [2.45, 2.75) is 0 Å². The van der Waals surface area contributed by atoms with Crippen LogP contribution in [0.2, 0.25) is 0 Å². The summed E-state index contributed by atoms with van der Waals surface area (Å²) >= 11 is 0. The number of aromatic nitrogens is 1. The number of allylic oxidation sites excluding steroid dienone is 1. The molecule has 0 spiro atoms. The number of nitro benzene ring substituents is 1. The van der Waals surface area contributed by atoms with Crippen LogP contribution in [0.15, 0.2) is 60.8 Å². The molecule has 9 nitrogen and oxygen atoms in total. The number of anilines is 2. The first-order valence-corrected chi connectivity index (χ1v) is 9.45. The average Bonchev–Trinajstić information content (AvgIpc) is 2.82. The summed E-state index contributed by atoms with van der Waals surface area (Å²) in [6, 6.07) is 12.6. The van der Waals surface area contributed by atoms with Gasteiger partial charge in [0.2, 0.25) is 5.75 Å². The van der Waals surface area contributed by atoms with Crippen LogP contribution in [-0.4, -0.2) is 37.0 Å². The lowest BCUT2D eigenvalue weighted by molar-refractivity contribution is -0.384. The average molecular weight is 435 g/mol. The molecule has 0 saturated carbocycles. The normalized spacial score (nSPS) is 10.6. The molecule has 3 rings (SSSR count). The summed E-state index contributed by atoms with van der Waals surface area (Å²) in [5.74, 6) is 1.46. The van der Waals surface area contributed by atoms with Gasteiger partial charge in [0.15, 0.2) is 17.3 Å². The van der Waals surface area contributed by atoms with Crippen LogP contribution in [-0.2, 0) is 0 Å². The standard InChI is InChI=1S/C23H21N3O6/c1-30-20-13-15(14-21(31-2)22(20)32-3)6-11-19(27)18-5-4-12-24-23(18)25-16-7-9-17(10-8-16)26(28)29/h4-14H,1-3H3,(H,24,25). The predicted molar refractivity (Wildman–Crippen MR) is 120 cm³/mol. The second-order valence-corrected chi connectivity index (χ2v) is 6.48. The number of ether oxygens (including phenoxy) is 3. The lowest BCUT2D eigenvalue weighted by atomic mass is 10.1. The van der Waals surface area contributed by atoms with Gasteiger partial charge in [0.1, 0.15) is 5.82 Å². The Bertz CT molecular complexity index is 1130. The minimum absolute atomic E-state index is 0.0267. The van der Waals surface area contributed by atoms with Crippen LogP contribution in [0.25, 0.3) is 6.08 Å². The molecule has 2 aromatic carbocycles. The van der Waals surface area contributed by atoms with Crippen molar-refractivity contribution in [2.75, 3.05) is 26.6 Å². The van der Waals surface area contributed by atoms with E-state index >= 15 is 0 Å². The van der Waals surface area contributed by atoms with Gasteiger partial charge in [-0.15, -0.1) is 0 Å². The molecule has 0 bridgehead atoms. The molecule has 0 aliphatic carbocycles. The number of pyridine rings is 1. The number of ketones is 1. The van der Waals surface area contributed by atoms with Crippen LogP contribution in [0.4, 0.5) is 17.2 Å². The zero-order chi connectivity index (χ0) is 23.1. The van der Waals surface area contributed by atoms with Crippen molar-refractivity contribution >= 4 is 29.1 Å². The smallest absolute Gasteiger partial charge is 0.269 e. The van der Waals surface area contributed by atoms with Gasteiger partial charge in [-0.1, -0.05) is 6.08 Å². The summed E-state index contributed by atoms with van der Waals surface area (Å²) in [5.41, 5.74) is 1.56. The Morgan fingerprint density at radius 3 is 2.25 bits per heavy atom. The summed E-state index contributed by atoms with van der Waals surface area (Å²) in [5, 5.41) is 13.8. The summed E-state index contributed by atoms with van der Waals surface area (Å²) in [7, 11) is 4.55. The van der Waals surface area contributed by atoms with Crippen molar-refractivity contribution in [3.8, 4) is 17.2 Å². The highest BCUT2D eigenvalue weighted by Crippen LogP contribution is 2.38. The molecule has 1 heterocycles. The fraction of sp³-hybridized carbons (Fsp3) is 0.130. The van der Waals surface area contributed by atoms with Crippen molar-refractivity contribution in [1.29, 1.82) is 0 Å². The number of benzene rings is 2. The lowest BCUT2D eigenvalue weighted by Gasteiger charge is -2.12. The van der Waals surface area contributed by atoms with E-state index in [4.69, 9.17) is 14.2 Å². The number of rotatable bonds is 9. The first-order valence-electron chi connectivity index (χ1n) is 9.45. The first-order chi connectivity index (χ1) is 15.5. The molecule has 0 unspecified atom stereocenters. The second-order valence-electron chi connectivity index (χ2n) is 6.48. The molecule has 0 amide bonds. The molecule has 164 valence electrons. The quantitative estimate of drug-likeness (QED) is 0.224. The maximum absolute atomic E-state index is 12.9. The third kappa shape index (κ3) is 5.01. The maximum atomic E-state index is 12.9. The largest absolute Gasteiger partial charge is 0.493 e. The van der Waals surface area contributed by atoms with E-state index in [1.807, 2.05) is 0 Å². The van der Waals surface area contributed by atoms with Crippen molar-refractivity contribution in [3.05, 3.63) is 82.0 Å². The fourth-order valence-electron chi connectivity index (χ4n) is 2.97. The second kappa shape index (κ2) is 10.1. The van der Waals surface area contributed by atoms with Crippen molar-refractivity contribution in [2.24, 2.45) is 0 Å². The topological polar surface area (TPSA) is 113 Å².